The molecular weight excluding hydrogens is 324 g/mol. The number of carbonyl (C=O) groups is 2. The Bertz CT molecular complexity index is 901. The van der Waals surface area contributed by atoms with E-state index < -0.39 is 11.9 Å². The van der Waals surface area contributed by atoms with Gasteiger partial charge in [0, 0.05) is 18.3 Å². The minimum Gasteiger partial charge on any atom is -0.496 e. The molecule has 3 rings (SSSR count). The summed E-state index contributed by atoms with van der Waals surface area (Å²) in [6.07, 6.45) is 1.41. The van der Waals surface area contributed by atoms with Gasteiger partial charge in [0.15, 0.2) is 0 Å². The SMILES string of the molecule is COC(=O)c1ccccc1NC(=O)c1c(OC)cc(=O)n2c1CCC2. The third-order valence-corrected chi connectivity index (χ3v) is 4.20. The first-order valence-electron chi connectivity index (χ1n) is 7.86. The summed E-state index contributed by atoms with van der Waals surface area (Å²) in [6, 6.07) is 7.89. The molecular formula is C18H18N2O5. The van der Waals surface area contributed by atoms with Crippen molar-refractivity contribution < 1.29 is 19.1 Å². The molecule has 0 saturated heterocycles. The molecule has 1 aliphatic heterocycles. The van der Waals surface area contributed by atoms with E-state index in [1.54, 1.807) is 28.8 Å². The maximum Gasteiger partial charge on any atom is 0.339 e. The Labute approximate surface area is 144 Å². The second kappa shape index (κ2) is 6.80. The molecule has 2 aromatic rings. The Morgan fingerprint density at radius 3 is 2.68 bits per heavy atom. The van der Waals surface area contributed by atoms with Crippen LogP contribution in [0.4, 0.5) is 5.69 Å². The lowest BCUT2D eigenvalue weighted by molar-refractivity contribution is 0.0602. The van der Waals surface area contributed by atoms with Gasteiger partial charge in [0.1, 0.15) is 11.3 Å². The third-order valence-electron chi connectivity index (χ3n) is 4.20. The van der Waals surface area contributed by atoms with Crippen molar-refractivity contribution in [3.63, 3.8) is 0 Å². The number of esters is 1. The summed E-state index contributed by atoms with van der Waals surface area (Å²) >= 11 is 0. The van der Waals surface area contributed by atoms with Gasteiger partial charge >= 0.3 is 5.97 Å². The lowest BCUT2D eigenvalue weighted by atomic mass is 10.1. The van der Waals surface area contributed by atoms with Crippen molar-refractivity contribution in [2.24, 2.45) is 0 Å². The van der Waals surface area contributed by atoms with E-state index >= 15 is 0 Å². The van der Waals surface area contributed by atoms with E-state index in [0.717, 1.165) is 6.42 Å². The van der Waals surface area contributed by atoms with Gasteiger partial charge in [-0.1, -0.05) is 12.1 Å². The predicted molar refractivity (Wildman–Crippen MR) is 91.3 cm³/mol. The minimum atomic E-state index is -0.544. The Morgan fingerprint density at radius 2 is 1.96 bits per heavy atom. The number of carbonyl (C=O) groups excluding carboxylic acids is 2. The zero-order valence-corrected chi connectivity index (χ0v) is 14.0. The van der Waals surface area contributed by atoms with Crippen molar-refractivity contribution in [3.8, 4) is 5.75 Å². The molecule has 1 aromatic heterocycles. The molecule has 0 aliphatic carbocycles. The Balaban J connectivity index is 2.03. The molecule has 1 aliphatic rings. The average molecular weight is 342 g/mol. The van der Waals surface area contributed by atoms with Crippen molar-refractivity contribution in [2.45, 2.75) is 19.4 Å². The molecule has 2 heterocycles. The molecule has 0 radical (unpaired) electrons. The smallest absolute Gasteiger partial charge is 0.339 e. The van der Waals surface area contributed by atoms with E-state index in [9.17, 15) is 14.4 Å². The highest BCUT2D eigenvalue weighted by Gasteiger charge is 2.26. The predicted octanol–water partition coefficient (Wildman–Crippen LogP) is 1.84. The number of hydrogen-bond acceptors (Lipinski definition) is 5. The molecule has 1 aromatic carbocycles. The normalized spacial score (nSPS) is 12.4. The van der Waals surface area contributed by atoms with Crippen LogP contribution in [0.2, 0.25) is 0 Å². The monoisotopic (exact) mass is 342 g/mol. The highest BCUT2D eigenvalue weighted by molar-refractivity contribution is 6.10. The number of methoxy groups -OCH3 is 2. The number of anilines is 1. The number of nitrogens with one attached hydrogen (secondary N) is 1. The van der Waals surface area contributed by atoms with Gasteiger partial charge < -0.3 is 19.4 Å². The number of amides is 1. The van der Waals surface area contributed by atoms with E-state index in [1.807, 2.05) is 0 Å². The zero-order chi connectivity index (χ0) is 18.0. The second-order valence-electron chi connectivity index (χ2n) is 5.62. The fourth-order valence-corrected chi connectivity index (χ4v) is 3.05. The molecule has 7 heteroatoms. The number of ether oxygens (including phenoxy) is 2. The summed E-state index contributed by atoms with van der Waals surface area (Å²) in [7, 11) is 2.69. The van der Waals surface area contributed by atoms with Gasteiger partial charge in [0.05, 0.1) is 25.5 Å². The lowest BCUT2D eigenvalue weighted by Gasteiger charge is -2.15. The number of fused-ring (bicyclic) bond motifs is 1. The molecule has 130 valence electrons. The van der Waals surface area contributed by atoms with Gasteiger partial charge in [0.25, 0.3) is 11.5 Å². The third kappa shape index (κ3) is 3.00. The second-order valence-corrected chi connectivity index (χ2v) is 5.62. The first-order chi connectivity index (χ1) is 12.1. The molecule has 0 unspecified atom stereocenters. The molecule has 0 fully saturated rings. The van der Waals surface area contributed by atoms with E-state index in [-0.39, 0.29) is 16.9 Å². The largest absolute Gasteiger partial charge is 0.496 e. The van der Waals surface area contributed by atoms with Crippen molar-refractivity contribution in [2.75, 3.05) is 19.5 Å². The lowest BCUT2D eigenvalue weighted by Crippen LogP contribution is -2.25. The molecule has 25 heavy (non-hydrogen) atoms. The van der Waals surface area contributed by atoms with Crippen LogP contribution in [0, 0.1) is 0 Å². The quantitative estimate of drug-likeness (QED) is 0.857. The molecule has 0 bridgehead atoms. The van der Waals surface area contributed by atoms with Crippen LogP contribution in [-0.2, 0) is 17.7 Å². The maximum absolute atomic E-state index is 12.9. The van der Waals surface area contributed by atoms with Crippen LogP contribution >= 0.6 is 0 Å². The van der Waals surface area contributed by atoms with E-state index in [4.69, 9.17) is 9.47 Å². The minimum absolute atomic E-state index is 0.184. The van der Waals surface area contributed by atoms with Crippen LogP contribution in [0.5, 0.6) is 5.75 Å². The Kier molecular flexibility index (Phi) is 4.56. The number of nitrogens with zero attached hydrogens (tertiary/aromatic N) is 1. The molecule has 1 N–H and O–H groups in total. The Hall–Kier alpha value is -3.09. The van der Waals surface area contributed by atoms with Crippen LogP contribution in [0.25, 0.3) is 0 Å². The highest BCUT2D eigenvalue weighted by atomic mass is 16.5. The van der Waals surface area contributed by atoms with Crippen LogP contribution in [-0.4, -0.2) is 30.7 Å². The van der Waals surface area contributed by atoms with Crippen LogP contribution in [0.1, 0.15) is 32.8 Å². The average Bonchev–Trinajstić information content (AvgIpc) is 3.11. The van der Waals surface area contributed by atoms with Crippen LogP contribution in [0.15, 0.2) is 35.1 Å². The van der Waals surface area contributed by atoms with E-state index in [2.05, 4.69) is 5.32 Å². The molecule has 0 spiro atoms. The van der Waals surface area contributed by atoms with Gasteiger partial charge in [-0.05, 0) is 25.0 Å². The first kappa shape index (κ1) is 16.8. The van der Waals surface area contributed by atoms with Crippen molar-refractivity contribution in [3.05, 3.63) is 57.5 Å². The number of benzene rings is 1. The summed E-state index contributed by atoms with van der Waals surface area (Å²) in [5.74, 6) is -0.748. The number of pyridine rings is 1. The van der Waals surface area contributed by atoms with Crippen LogP contribution in [0.3, 0.4) is 0 Å². The van der Waals surface area contributed by atoms with E-state index in [0.29, 0.717) is 29.9 Å². The maximum atomic E-state index is 12.9. The summed E-state index contributed by atoms with van der Waals surface area (Å²) in [6.45, 7) is 0.581. The number of aromatic nitrogens is 1. The first-order valence-corrected chi connectivity index (χ1v) is 7.86. The van der Waals surface area contributed by atoms with Gasteiger partial charge in [-0.2, -0.15) is 0 Å². The molecule has 0 saturated carbocycles. The Morgan fingerprint density at radius 1 is 1.20 bits per heavy atom. The topological polar surface area (TPSA) is 86.6 Å². The van der Waals surface area contributed by atoms with Crippen molar-refractivity contribution >= 4 is 17.6 Å². The summed E-state index contributed by atoms with van der Waals surface area (Å²) in [5, 5.41) is 2.73. The van der Waals surface area contributed by atoms with Gasteiger partial charge in [-0.3, -0.25) is 9.59 Å². The number of rotatable bonds is 4. The van der Waals surface area contributed by atoms with Crippen molar-refractivity contribution in [1.29, 1.82) is 0 Å². The van der Waals surface area contributed by atoms with Crippen molar-refractivity contribution in [1.82, 2.24) is 4.57 Å². The van der Waals surface area contributed by atoms with Gasteiger partial charge in [-0.25, -0.2) is 4.79 Å². The van der Waals surface area contributed by atoms with Gasteiger partial charge in [0.2, 0.25) is 0 Å². The van der Waals surface area contributed by atoms with E-state index in [1.165, 1.54) is 20.3 Å². The number of para-hydroxylation sites is 1. The van der Waals surface area contributed by atoms with Gasteiger partial charge in [-0.15, -0.1) is 0 Å². The standard InChI is InChI=1S/C18H18N2O5/c1-24-14-10-15(21)20-9-5-8-13(20)16(14)17(22)19-12-7-4-3-6-11(12)18(23)25-2/h3-4,6-7,10H,5,8-9H2,1-2H3,(H,19,22). The van der Waals surface area contributed by atoms with Crippen LogP contribution < -0.4 is 15.6 Å². The molecule has 1 amide bonds. The summed E-state index contributed by atoms with van der Waals surface area (Å²) in [5.41, 5.74) is 1.37. The molecule has 0 atom stereocenters. The number of hydrogen-bond donors (Lipinski definition) is 1. The highest BCUT2D eigenvalue weighted by Crippen LogP contribution is 2.27. The fraction of sp³-hybridized carbons (Fsp3) is 0.278. The molecule has 7 nitrogen and oxygen atoms in total. The zero-order valence-electron chi connectivity index (χ0n) is 14.0. The fourth-order valence-electron chi connectivity index (χ4n) is 3.05. The summed E-state index contributed by atoms with van der Waals surface area (Å²) < 4.78 is 11.6. The summed E-state index contributed by atoms with van der Waals surface area (Å²) in [4.78, 5) is 36.8.